The molecule has 0 aliphatic rings. The molecule has 0 fully saturated rings. The first kappa shape index (κ1) is 74.9. The minimum atomic E-state index is 1.16. The highest BCUT2D eigenvalue weighted by atomic mass is 14.3. The van der Waals surface area contributed by atoms with E-state index in [9.17, 15) is 0 Å². The Hall–Kier alpha value is -15.9. The fourth-order valence-electron chi connectivity index (χ4n) is 18.1. The van der Waals surface area contributed by atoms with Crippen LogP contribution in [-0.2, 0) is 0 Å². The van der Waals surface area contributed by atoms with Gasteiger partial charge in [0.1, 0.15) is 0 Å². The van der Waals surface area contributed by atoms with E-state index in [1.54, 1.807) is 0 Å². The van der Waals surface area contributed by atoms with E-state index in [-0.39, 0.29) is 0 Å². The molecule has 0 aromatic heterocycles. The Balaban J connectivity index is 0.000000159. The van der Waals surface area contributed by atoms with Crippen LogP contribution in [0.15, 0.2) is 485 Å². The van der Waals surface area contributed by atoms with E-state index in [2.05, 4.69) is 510 Å². The van der Waals surface area contributed by atoms with E-state index in [0.717, 1.165) is 11.1 Å². The second-order valence-electron chi connectivity index (χ2n) is 31.2. The number of hydrogen-bond acceptors (Lipinski definition) is 0. The Bertz CT molecular complexity index is 6670. The van der Waals surface area contributed by atoms with E-state index in [1.165, 1.54) is 198 Å². The van der Waals surface area contributed by atoms with Crippen molar-refractivity contribution < 1.29 is 0 Å². The van der Waals surface area contributed by atoms with Gasteiger partial charge in [0.15, 0.2) is 0 Å². The molecule has 0 N–H and O–H groups in total. The van der Waals surface area contributed by atoms with Crippen LogP contribution in [-0.4, -0.2) is 0 Å². The Kier molecular flexibility index (Phi) is 21.1. The molecule has 0 atom stereocenters. The smallest absolute Gasteiger partial charge is 0.00139 e. The molecule has 0 heteroatoms. The number of rotatable bonds is 17. The summed E-state index contributed by atoms with van der Waals surface area (Å²) >= 11 is 0. The van der Waals surface area contributed by atoms with Crippen molar-refractivity contribution in [3.63, 3.8) is 0 Å². The van der Waals surface area contributed by atoms with Crippen molar-refractivity contribution in [3.8, 4) is 55.6 Å². The molecule has 0 aliphatic heterocycles. The van der Waals surface area contributed by atoms with Gasteiger partial charge in [-0.25, -0.2) is 0 Å². The summed E-state index contributed by atoms with van der Waals surface area (Å²) in [6.45, 7) is 0. The first-order valence-electron chi connectivity index (χ1n) is 42.1. The minimum absolute atomic E-state index is 1.16. The zero-order valence-electron chi connectivity index (χ0n) is 67.5. The maximum atomic E-state index is 2.33. The third-order valence-corrected chi connectivity index (χ3v) is 23.8. The average Bonchev–Trinajstić information content (AvgIpc) is 0.716. The van der Waals surface area contributed by atoms with Crippen LogP contribution in [0, 0.1) is 0 Å². The van der Waals surface area contributed by atoms with Gasteiger partial charge in [0.2, 0.25) is 0 Å². The van der Waals surface area contributed by atoms with Crippen LogP contribution in [0.4, 0.5) is 0 Å². The van der Waals surface area contributed by atoms with E-state index >= 15 is 0 Å². The summed E-state index contributed by atoms with van der Waals surface area (Å²) in [6.07, 6.45) is 9.23. The van der Waals surface area contributed by atoms with Gasteiger partial charge in [0.25, 0.3) is 0 Å². The highest BCUT2D eigenvalue weighted by molar-refractivity contribution is 6.30. The quantitative estimate of drug-likeness (QED) is 0.0630. The molecule has 0 aliphatic carbocycles. The van der Waals surface area contributed by atoms with E-state index in [1.807, 2.05) is 0 Å². The molecule has 0 saturated carbocycles. The van der Waals surface area contributed by atoms with Crippen molar-refractivity contribution in [2.75, 3.05) is 0 Å². The molecule has 572 valence electrons. The van der Waals surface area contributed by atoms with Crippen molar-refractivity contribution in [2.24, 2.45) is 0 Å². The van der Waals surface area contributed by atoms with Crippen LogP contribution in [0.5, 0.6) is 0 Å². The van der Waals surface area contributed by atoms with Gasteiger partial charge in [-0.1, -0.05) is 485 Å². The summed E-state index contributed by atoms with van der Waals surface area (Å²) in [5.74, 6) is 0. The lowest BCUT2D eigenvalue weighted by molar-refractivity contribution is 1.55. The zero-order valence-corrected chi connectivity index (χ0v) is 67.5. The molecule has 0 spiro atoms. The molecule has 0 heterocycles. The van der Waals surface area contributed by atoms with E-state index < -0.39 is 0 Å². The molecule has 0 unspecified atom stereocenters. The SMILES string of the molecule is C(=C(c1ccccc1)c1ccccc1)c1ccc(-c2c3ccccc3c(-c3c4ccccc4c(-c4ccc(C=C(c5ccccc5)c5ccccc5)cc4)c4ccccc34)c3ccccc23)cc1.C(=C(c1ccccc1)c1ccccc1)c1ccc(-c2c3ccccc3c(-c3ccc(C=C(c4ccccc4)c4ccccc4)cc3)c3ccccc23)cc1. The van der Waals surface area contributed by atoms with Gasteiger partial charge in [-0.15, -0.1) is 0 Å². The van der Waals surface area contributed by atoms with E-state index in [4.69, 9.17) is 0 Å². The lowest BCUT2D eigenvalue weighted by Gasteiger charge is -2.22. The minimum Gasteiger partial charge on any atom is -0.0622 e. The van der Waals surface area contributed by atoms with Crippen molar-refractivity contribution in [1.29, 1.82) is 0 Å². The van der Waals surface area contributed by atoms with Crippen LogP contribution in [0.25, 0.3) is 167 Å². The predicted octanol–water partition coefficient (Wildman–Crippen LogP) is 33.0. The molecule has 0 bridgehead atoms. The number of benzene rings is 21. The maximum Gasteiger partial charge on any atom is -0.00139 e. The van der Waals surface area contributed by atoms with Crippen molar-refractivity contribution in [1.82, 2.24) is 0 Å². The fraction of sp³-hybridized carbons (Fsp3) is 0. The molecule has 0 saturated heterocycles. The van der Waals surface area contributed by atoms with Gasteiger partial charge in [-0.2, -0.15) is 0 Å². The zero-order chi connectivity index (χ0) is 81.3. The summed E-state index contributed by atoms with van der Waals surface area (Å²) in [5, 5.41) is 14.9. The molecule has 21 aromatic rings. The molecule has 21 aromatic carbocycles. The lowest BCUT2D eigenvalue weighted by atomic mass is 9.81. The summed E-state index contributed by atoms with van der Waals surface area (Å²) < 4.78 is 0. The number of hydrogen-bond donors (Lipinski definition) is 0. The summed E-state index contributed by atoms with van der Waals surface area (Å²) in [5.41, 5.74) is 31.5. The van der Waals surface area contributed by atoms with Gasteiger partial charge in [0, 0.05) is 0 Å². The Morgan fingerprint density at radius 2 is 0.221 bits per heavy atom. The van der Waals surface area contributed by atoms with Crippen molar-refractivity contribution >= 4 is 111 Å². The van der Waals surface area contributed by atoms with Crippen LogP contribution in [0.3, 0.4) is 0 Å². The van der Waals surface area contributed by atoms with Gasteiger partial charge >= 0.3 is 0 Å². The Morgan fingerprint density at radius 3 is 0.352 bits per heavy atom. The summed E-state index contributed by atoms with van der Waals surface area (Å²) in [7, 11) is 0. The average molecular weight is 1550 g/mol. The monoisotopic (exact) mass is 1550 g/mol. The van der Waals surface area contributed by atoms with Crippen LogP contribution >= 0.6 is 0 Å². The predicted molar refractivity (Wildman–Crippen MR) is 525 cm³/mol. The fourth-order valence-corrected chi connectivity index (χ4v) is 18.1. The maximum absolute atomic E-state index is 2.33. The molecule has 0 radical (unpaired) electrons. The van der Waals surface area contributed by atoms with Gasteiger partial charge in [-0.05, 0) is 234 Å². The third kappa shape index (κ3) is 15.2. The molecular weight excluding hydrogens is 1470 g/mol. The summed E-state index contributed by atoms with van der Waals surface area (Å²) in [4.78, 5) is 0. The van der Waals surface area contributed by atoms with Crippen LogP contribution in [0.2, 0.25) is 0 Å². The van der Waals surface area contributed by atoms with Gasteiger partial charge in [0.05, 0.1) is 0 Å². The lowest BCUT2D eigenvalue weighted by Crippen LogP contribution is -1.94. The molecule has 21 rings (SSSR count). The summed E-state index contributed by atoms with van der Waals surface area (Å²) in [6, 6.07) is 176. The highest BCUT2D eigenvalue weighted by Crippen LogP contribution is 2.51. The molecular formula is C122H84. The van der Waals surface area contributed by atoms with E-state index in [0.29, 0.717) is 0 Å². The van der Waals surface area contributed by atoms with Crippen LogP contribution < -0.4 is 0 Å². The largest absolute Gasteiger partial charge is 0.0622 e. The van der Waals surface area contributed by atoms with Gasteiger partial charge in [-0.3, -0.25) is 0 Å². The molecule has 0 nitrogen and oxygen atoms in total. The normalized spacial score (nSPS) is 11.1. The molecule has 122 heavy (non-hydrogen) atoms. The second kappa shape index (κ2) is 34.4. The van der Waals surface area contributed by atoms with Crippen molar-refractivity contribution in [2.45, 2.75) is 0 Å². The third-order valence-electron chi connectivity index (χ3n) is 23.8. The standard InChI is InChI=1S/C68H46.C54H38/c1-5-21-49(22-6-1)63(50-23-7-2-8-24-50)45-47-37-41-53(42-38-47)65-55-29-13-17-33-59(55)67(60-34-18-14-30-56(60)65)68-61-35-19-15-31-57(61)66(58-32-16-20-36-62(58)68)54-43-39-48(40-44-54)46-64(51-25-9-3-10-26-51)52-27-11-4-12-28-52;1-5-17-41(18-6-1)51(42-19-7-2-8-20-42)37-39-29-33-45(34-30-39)53-47-25-13-15-27-49(47)54(50-28-16-14-26-48(50)53)46-35-31-40(32-36-46)38-52(43-21-9-3-10-22-43)44-23-11-4-12-24-44/h1-46H;1-38H. The second-order valence-corrected chi connectivity index (χ2v) is 31.2. The van der Waals surface area contributed by atoms with Gasteiger partial charge < -0.3 is 0 Å². The number of fused-ring (bicyclic) bond motifs is 6. The highest BCUT2D eigenvalue weighted by Gasteiger charge is 2.24. The first-order chi connectivity index (χ1) is 60.6. The Morgan fingerprint density at radius 1 is 0.107 bits per heavy atom. The molecule has 0 amide bonds. The Labute approximate surface area is 713 Å². The van der Waals surface area contributed by atoms with Crippen molar-refractivity contribution in [3.05, 3.63) is 552 Å². The topological polar surface area (TPSA) is 0 Å². The van der Waals surface area contributed by atoms with Crippen LogP contribution in [0.1, 0.15) is 66.8 Å². The first-order valence-corrected chi connectivity index (χ1v) is 42.1.